The number of hydrogen-bond donors (Lipinski definition) is 3. The van der Waals surface area contributed by atoms with Gasteiger partial charge >= 0.3 is 0 Å². The van der Waals surface area contributed by atoms with Gasteiger partial charge in [0, 0.05) is 6.42 Å². The van der Waals surface area contributed by atoms with Gasteiger partial charge in [0.25, 0.3) is 0 Å². The summed E-state index contributed by atoms with van der Waals surface area (Å²) in [5.74, 6) is 1.82. The van der Waals surface area contributed by atoms with E-state index in [0.717, 1.165) is 31.6 Å². The molecule has 1 aromatic heterocycles. The Morgan fingerprint density at radius 1 is 1.46 bits per heavy atom. The van der Waals surface area contributed by atoms with Crippen molar-refractivity contribution in [1.82, 2.24) is 15.2 Å². The van der Waals surface area contributed by atoms with Crippen LogP contribution in [0.3, 0.4) is 0 Å². The van der Waals surface area contributed by atoms with Gasteiger partial charge in [-0.05, 0) is 25.3 Å². The highest BCUT2D eigenvalue weighted by molar-refractivity contribution is 5.12. The summed E-state index contributed by atoms with van der Waals surface area (Å²) in [6, 6.07) is 0. The lowest BCUT2D eigenvalue weighted by Gasteiger charge is -2.07. The van der Waals surface area contributed by atoms with Crippen molar-refractivity contribution in [3.8, 4) is 0 Å². The van der Waals surface area contributed by atoms with Crippen molar-refractivity contribution in [3.63, 3.8) is 0 Å². The van der Waals surface area contributed by atoms with Crippen LogP contribution in [-0.4, -0.2) is 21.7 Å². The van der Waals surface area contributed by atoms with Gasteiger partial charge in [-0.1, -0.05) is 6.92 Å². The standard InChI is InChI=1S/C8H17N5/c1-6(4-5-9)2-3-7-11-8(10)13-12-7/h6H,2-5,9H2,1H3,(H3,10,11,12,13). The van der Waals surface area contributed by atoms with Gasteiger partial charge in [0.05, 0.1) is 0 Å². The molecule has 5 nitrogen and oxygen atoms in total. The Hall–Kier alpha value is -1.10. The van der Waals surface area contributed by atoms with Crippen LogP contribution in [0.2, 0.25) is 0 Å². The second-order valence-electron chi connectivity index (χ2n) is 3.36. The first-order valence-corrected chi connectivity index (χ1v) is 4.59. The molecule has 74 valence electrons. The van der Waals surface area contributed by atoms with Crippen molar-refractivity contribution in [2.45, 2.75) is 26.2 Å². The minimum atomic E-state index is 0.321. The molecule has 0 bridgehead atoms. The molecule has 0 aliphatic carbocycles. The SMILES string of the molecule is CC(CCN)CCc1nc(N)n[nH]1. The van der Waals surface area contributed by atoms with Crippen molar-refractivity contribution in [2.75, 3.05) is 12.3 Å². The Morgan fingerprint density at radius 2 is 2.23 bits per heavy atom. The van der Waals surface area contributed by atoms with Crippen LogP contribution in [0.5, 0.6) is 0 Å². The molecule has 13 heavy (non-hydrogen) atoms. The monoisotopic (exact) mass is 183 g/mol. The molecule has 0 radical (unpaired) electrons. The van der Waals surface area contributed by atoms with Crippen LogP contribution < -0.4 is 11.5 Å². The topological polar surface area (TPSA) is 93.6 Å². The summed E-state index contributed by atoms with van der Waals surface area (Å²) >= 11 is 0. The average Bonchev–Trinajstić information content (AvgIpc) is 2.49. The largest absolute Gasteiger partial charge is 0.367 e. The zero-order chi connectivity index (χ0) is 9.68. The quantitative estimate of drug-likeness (QED) is 0.612. The summed E-state index contributed by atoms with van der Waals surface area (Å²) in [4.78, 5) is 4.02. The van der Waals surface area contributed by atoms with Gasteiger partial charge in [0.2, 0.25) is 5.95 Å². The van der Waals surface area contributed by atoms with E-state index in [0.29, 0.717) is 11.9 Å². The maximum Gasteiger partial charge on any atom is 0.239 e. The lowest BCUT2D eigenvalue weighted by molar-refractivity contribution is 0.494. The van der Waals surface area contributed by atoms with Crippen LogP contribution in [0.25, 0.3) is 0 Å². The van der Waals surface area contributed by atoms with Gasteiger partial charge in [-0.2, -0.15) is 4.98 Å². The minimum absolute atomic E-state index is 0.321. The molecule has 1 aromatic rings. The zero-order valence-corrected chi connectivity index (χ0v) is 7.95. The molecule has 1 heterocycles. The highest BCUT2D eigenvalue weighted by atomic mass is 15.3. The summed E-state index contributed by atoms with van der Waals surface area (Å²) in [5, 5.41) is 6.54. The molecule has 0 saturated heterocycles. The van der Waals surface area contributed by atoms with Crippen LogP contribution >= 0.6 is 0 Å². The molecule has 0 fully saturated rings. The maximum atomic E-state index is 5.45. The molecule has 1 atom stereocenters. The molecule has 5 N–H and O–H groups in total. The molecule has 0 aliphatic heterocycles. The Labute approximate surface area is 77.9 Å². The molecular formula is C8H17N5. The van der Waals surface area contributed by atoms with Crippen LogP contribution in [-0.2, 0) is 6.42 Å². The van der Waals surface area contributed by atoms with E-state index in [4.69, 9.17) is 11.5 Å². The lowest BCUT2D eigenvalue weighted by atomic mass is 10.0. The van der Waals surface area contributed by atoms with Crippen LogP contribution in [0, 0.1) is 5.92 Å². The molecule has 5 heteroatoms. The van der Waals surface area contributed by atoms with E-state index in [1.54, 1.807) is 0 Å². The third kappa shape index (κ3) is 3.42. The van der Waals surface area contributed by atoms with Gasteiger partial charge in [-0.3, -0.25) is 5.10 Å². The van der Waals surface area contributed by atoms with Crippen LogP contribution in [0.4, 0.5) is 5.95 Å². The number of anilines is 1. The summed E-state index contributed by atoms with van der Waals surface area (Å²) in [7, 11) is 0. The van der Waals surface area contributed by atoms with Crippen molar-refractivity contribution in [1.29, 1.82) is 0 Å². The van der Waals surface area contributed by atoms with Crippen molar-refractivity contribution in [2.24, 2.45) is 11.7 Å². The van der Waals surface area contributed by atoms with E-state index in [1.807, 2.05) is 0 Å². The number of hydrogen-bond acceptors (Lipinski definition) is 4. The predicted molar refractivity (Wildman–Crippen MR) is 52.0 cm³/mol. The molecule has 0 spiro atoms. The van der Waals surface area contributed by atoms with Crippen molar-refractivity contribution >= 4 is 5.95 Å². The summed E-state index contributed by atoms with van der Waals surface area (Å²) < 4.78 is 0. The first-order chi connectivity index (χ1) is 6.22. The molecule has 0 amide bonds. The van der Waals surface area contributed by atoms with E-state index in [9.17, 15) is 0 Å². The number of nitrogen functional groups attached to an aromatic ring is 1. The fourth-order valence-corrected chi connectivity index (χ4v) is 1.23. The summed E-state index contributed by atoms with van der Waals surface area (Å²) in [6.45, 7) is 2.94. The number of nitrogens with one attached hydrogen (secondary N) is 1. The number of nitrogens with zero attached hydrogens (tertiary/aromatic N) is 2. The van der Waals surface area contributed by atoms with E-state index in [-0.39, 0.29) is 0 Å². The average molecular weight is 183 g/mol. The molecule has 1 rings (SSSR count). The predicted octanol–water partition coefficient (Wildman–Crippen LogP) is 0.304. The molecule has 0 aromatic carbocycles. The van der Waals surface area contributed by atoms with Crippen LogP contribution in [0.1, 0.15) is 25.6 Å². The summed E-state index contributed by atoms with van der Waals surface area (Å²) in [5.41, 5.74) is 10.8. The molecule has 0 aliphatic rings. The van der Waals surface area contributed by atoms with E-state index in [2.05, 4.69) is 22.1 Å². The van der Waals surface area contributed by atoms with E-state index >= 15 is 0 Å². The second-order valence-corrected chi connectivity index (χ2v) is 3.36. The zero-order valence-electron chi connectivity index (χ0n) is 7.95. The van der Waals surface area contributed by atoms with E-state index in [1.165, 1.54) is 0 Å². The minimum Gasteiger partial charge on any atom is -0.367 e. The number of nitrogens with two attached hydrogens (primary N) is 2. The molecular weight excluding hydrogens is 166 g/mol. The molecule has 1 unspecified atom stereocenters. The number of aromatic amines is 1. The first-order valence-electron chi connectivity index (χ1n) is 4.59. The Balaban J connectivity index is 2.26. The molecule has 0 saturated carbocycles. The lowest BCUT2D eigenvalue weighted by Crippen LogP contribution is -2.07. The fourth-order valence-electron chi connectivity index (χ4n) is 1.23. The number of aryl methyl sites for hydroxylation is 1. The van der Waals surface area contributed by atoms with Gasteiger partial charge in [0.1, 0.15) is 5.82 Å². The maximum absolute atomic E-state index is 5.45. The van der Waals surface area contributed by atoms with Gasteiger partial charge < -0.3 is 11.5 Å². The summed E-state index contributed by atoms with van der Waals surface area (Å²) in [6.07, 6.45) is 3.03. The highest BCUT2D eigenvalue weighted by Gasteiger charge is 2.04. The second kappa shape index (κ2) is 4.81. The number of aromatic nitrogens is 3. The smallest absolute Gasteiger partial charge is 0.239 e. The third-order valence-electron chi connectivity index (χ3n) is 2.08. The normalized spacial score (nSPS) is 13.1. The van der Waals surface area contributed by atoms with E-state index < -0.39 is 0 Å². The fraction of sp³-hybridized carbons (Fsp3) is 0.750. The highest BCUT2D eigenvalue weighted by Crippen LogP contribution is 2.09. The first kappa shape index (κ1) is 9.98. The number of H-pyrrole nitrogens is 1. The van der Waals surface area contributed by atoms with Gasteiger partial charge in [0.15, 0.2) is 0 Å². The van der Waals surface area contributed by atoms with Gasteiger partial charge in [-0.15, -0.1) is 5.10 Å². The van der Waals surface area contributed by atoms with Crippen molar-refractivity contribution in [3.05, 3.63) is 5.82 Å². The van der Waals surface area contributed by atoms with Gasteiger partial charge in [-0.25, -0.2) is 0 Å². The third-order valence-corrected chi connectivity index (χ3v) is 2.08. The van der Waals surface area contributed by atoms with Crippen molar-refractivity contribution < 1.29 is 0 Å². The van der Waals surface area contributed by atoms with Crippen LogP contribution in [0.15, 0.2) is 0 Å². The number of rotatable bonds is 5. The Bertz CT molecular complexity index is 244. The Kier molecular flexibility index (Phi) is 3.70. The Morgan fingerprint density at radius 3 is 2.77 bits per heavy atom.